The molecule has 4 nitrogen and oxygen atoms in total. The van der Waals surface area contributed by atoms with Crippen LogP contribution in [0.4, 0.5) is 5.13 Å². The Kier molecular flexibility index (Phi) is 3.91. The van der Waals surface area contributed by atoms with Crippen LogP contribution in [0.3, 0.4) is 0 Å². The van der Waals surface area contributed by atoms with E-state index >= 15 is 0 Å². The van der Waals surface area contributed by atoms with Crippen molar-refractivity contribution < 1.29 is 9.53 Å². The molecule has 6 heteroatoms. The lowest BCUT2D eigenvalue weighted by molar-refractivity contribution is -0.117. The maximum atomic E-state index is 12.5. The Hall–Kier alpha value is -1.53. The van der Waals surface area contributed by atoms with E-state index in [0.717, 1.165) is 21.3 Å². The third-order valence-electron chi connectivity index (χ3n) is 3.37. The van der Waals surface area contributed by atoms with Gasteiger partial charge in [0, 0.05) is 11.1 Å². The number of nitrogens with zero attached hydrogens (tertiary/aromatic N) is 2. The van der Waals surface area contributed by atoms with Crippen molar-refractivity contribution in [2.75, 3.05) is 12.0 Å². The second-order valence-corrected chi connectivity index (χ2v) is 7.50. The first-order chi connectivity index (χ1) is 10.1. The molecule has 0 N–H and O–H groups in total. The van der Waals surface area contributed by atoms with Crippen LogP contribution in [0, 0.1) is 6.92 Å². The van der Waals surface area contributed by atoms with E-state index in [1.165, 1.54) is 0 Å². The number of aromatic nitrogens is 1. The number of carbonyl (C=O) groups is 1. The molecular weight excluding hydrogens is 304 g/mol. The van der Waals surface area contributed by atoms with E-state index in [-0.39, 0.29) is 16.5 Å². The smallest absolute Gasteiger partial charge is 0.242 e. The highest BCUT2D eigenvalue weighted by molar-refractivity contribution is 8.01. The van der Waals surface area contributed by atoms with Gasteiger partial charge in [-0.3, -0.25) is 9.69 Å². The summed E-state index contributed by atoms with van der Waals surface area (Å²) in [5.41, 5.74) is 1.09. The summed E-state index contributed by atoms with van der Waals surface area (Å²) in [6.07, 6.45) is 1.81. The van der Waals surface area contributed by atoms with Crippen LogP contribution in [0.15, 0.2) is 30.5 Å². The van der Waals surface area contributed by atoms with Gasteiger partial charge in [0.2, 0.25) is 5.91 Å². The van der Waals surface area contributed by atoms with E-state index in [9.17, 15) is 4.79 Å². The summed E-state index contributed by atoms with van der Waals surface area (Å²) in [5.74, 6) is 0.938. The van der Waals surface area contributed by atoms with Crippen LogP contribution in [-0.2, 0) is 4.79 Å². The maximum Gasteiger partial charge on any atom is 0.242 e. The summed E-state index contributed by atoms with van der Waals surface area (Å²) in [6.45, 7) is 3.95. The molecule has 0 unspecified atom stereocenters. The topological polar surface area (TPSA) is 42.4 Å². The van der Waals surface area contributed by atoms with Gasteiger partial charge in [0.25, 0.3) is 0 Å². The quantitative estimate of drug-likeness (QED) is 0.866. The lowest BCUT2D eigenvalue weighted by Crippen LogP contribution is -2.29. The van der Waals surface area contributed by atoms with Crippen molar-refractivity contribution in [3.63, 3.8) is 0 Å². The van der Waals surface area contributed by atoms with E-state index in [4.69, 9.17) is 4.74 Å². The van der Waals surface area contributed by atoms with Gasteiger partial charge in [-0.15, -0.1) is 23.1 Å². The molecule has 2 atom stereocenters. The Morgan fingerprint density at radius 2 is 2.00 bits per heavy atom. The number of amides is 1. The number of methoxy groups -OCH3 is 1. The average Bonchev–Trinajstić information content (AvgIpc) is 3.04. The number of carbonyl (C=O) groups excluding carboxylic acids is 1. The van der Waals surface area contributed by atoms with Crippen molar-refractivity contribution in [1.29, 1.82) is 0 Å². The molecule has 2 aromatic rings. The fraction of sp³-hybridized carbons (Fsp3) is 0.333. The number of anilines is 1. The summed E-state index contributed by atoms with van der Waals surface area (Å²) >= 11 is 3.21. The molecule has 0 radical (unpaired) electrons. The van der Waals surface area contributed by atoms with Gasteiger partial charge < -0.3 is 4.74 Å². The van der Waals surface area contributed by atoms with Gasteiger partial charge in [-0.2, -0.15) is 0 Å². The third-order valence-corrected chi connectivity index (χ3v) is 5.63. The number of aryl methyl sites for hydroxylation is 1. The fourth-order valence-electron chi connectivity index (χ4n) is 2.27. The molecule has 1 fully saturated rings. The molecule has 110 valence electrons. The highest BCUT2D eigenvalue weighted by Gasteiger charge is 2.40. The van der Waals surface area contributed by atoms with Gasteiger partial charge in [0.15, 0.2) is 5.13 Å². The van der Waals surface area contributed by atoms with Crippen LogP contribution in [0.2, 0.25) is 0 Å². The molecule has 1 aromatic heterocycles. The summed E-state index contributed by atoms with van der Waals surface area (Å²) < 4.78 is 5.19. The van der Waals surface area contributed by atoms with E-state index in [1.807, 2.05) is 49.2 Å². The normalized spacial score (nSPS) is 21.9. The van der Waals surface area contributed by atoms with Crippen LogP contribution in [-0.4, -0.2) is 23.3 Å². The van der Waals surface area contributed by atoms with Crippen LogP contribution < -0.4 is 9.64 Å². The zero-order valence-electron chi connectivity index (χ0n) is 12.1. The van der Waals surface area contributed by atoms with Gasteiger partial charge in [-0.25, -0.2) is 4.98 Å². The fourth-order valence-corrected chi connectivity index (χ4v) is 4.38. The standard InChI is InChI=1S/C15H16N2O2S2/c1-9-8-16-15(20-9)17-13(18)10(2)21-14(17)11-4-6-12(19-3)7-5-11/h4-8,10,14H,1-3H3/t10-,14+/m0/s1. The SMILES string of the molecule is COc1ccc([C@H]2S[C@@H](C)C(=O)N2c2ncc(C)s2)cc1. The van der Waals surface area contributed by atoms with Crippen molar-refractivity contribution >= 4 is 34.1 Å². The van der Waals surface area contributed by atoms with E-state index in [2.05, 4.69) is 4.98 Å². The molecule has 1 aromatic carbocycles. The Labute approximate surface area is 132 Å². The number of hydrogen-bond donors (Lipinski definition) is 0. The molecule has 0 spiro atoms. The van der Waals surface area contributed by atoms with Gasteiger partial charge in [-0.05, 0) is 31.5 Å². The summed E-state index contributed by atoms with van der Waals surface area (Å²) in [6, 6.07) is 7.87. The predicted molar refractivity (Wildman–Crippen MR) is 87.1 cm³/mol. The lowest BCUT2D eigenvalue weighted by Gasteiger charge is -2.21. The van der Waals surface area contributed by atoms with Crippen molar-refractivity contribution in [3.05, 3.63) is 40.9 Å². The highest BCUT2D eigenvalue weighted by atomic mass is 32.2. The highest BCUT2D eigenvalue weighted by Crippen LogP contribution is 2.46. The summed E-state index contributed by atoms with van der Waals surface area (Å²) in [4.78, 5) is 19.8. The van der Waals surface area contributed by atoms with Gasteiger partial charge in [0.05, 0.1) is 12.4 Å². The average molecular weight is 320 g/mol. The van der Waals surface area contributed by atoms with Crippen molar-refractivity contribution in [2.45, 2.75) is 24.5 Å². The van der Waals surface area contributed by atoms with Gasteiger partial charge in [-0.1, -0.05) is 12.1 Å². The van der Waals surface area contributed by atoms with E-state index in [0.29, 0.717) is 0 Å². The summed E-state index contributed by atoms with van der Waals surface area (Å²) in [7, 11) is 1.65. The minimum atomic E-state index is -0.0543. The molecule has 21 heavy (non-hydrogen) atoms. The Bertz CT molecular complexity index is 654. The molecule has 1 amide bonds. The Morgan fingerprint density at radius 3 is 2.57 bits per heavy atom. The monoisotopic (exact) mass is 320 g/mol. The molecule has 1 aliphatic rings. The van der Waals surface area contributed by atoms with Gasteiger partial charge >= 0.3 is 0 Å². The van der Waals surface area contributed by atoms with E-state index < -0.39 is 0 Å². The first kappa shape index (κ1) is 14.4. The third kappa shape index (κ3) is 2.65. The second kappa shape index (κ2) is 5.69. The van der Waals surface area contributed by atoms with Gasteiger partial charge in [0.1, 0.15) is 11.1 Å². The molecule has 1 saturated heterocycles. The number of benzene rings is 1. The zero-order chi connectivity index (χ0) is 15.0. The number of ether oxygens (including phenoxy) is 1. The van der Waals surface area contributed by atoms with Crippen molar-refractivity contribution in [1.82, 2.24) is 4.98 Å². The molecule has 0 bridgehead atoms. The molecule has 1 aliphatic heterocycles. The molecule has 2 heterocycles. The number of hydrogen-bond acceptors (Lipinski definition) is 5. The minimum absolute atomic E-state index is 0.0241. The Morgan fingerprint density at radius 1 is 1.29 bits per heavy atom. The van der Waals surface area contributed by atoms with Crippen LogP contribution in [0.25, 0.3) is 0 Å². The lowest BCUT2D eigenvalue weighted by atomic mass is 10.2. The zero-order valence-corrected chi connectivity index (χ0v) is 13.7. The first-order valence-corrected chi connectivity index (χ1v) is 8.41. The predicted octanol–water partition coefficient (Wildman–Crippen LogP) is 3.63. The number of rotatable bonds is 3. The van der Waals surface area contributed by atoms with E-state index in [1.54, 1.807) is 30.2 Å². The minimum Gasteiger partial charge on any atom is -0.497 e. The first-order valence-electron chi connectivity index (χ1n) is 6.65. The molecule has 0 saturated carbocycles. The van der Waals surface area contributed by atoms with Crippen molar-refractivity contribution in [3.8, 4) is 5.75 Å². The maximum absolute atomic E-state index is 12.5. The second-order valence-electron chi connectivity index (χ2n) is 4.87. The molecular formula is C15H16N2O2S2. The van der Waals surface area contributed by atoms with Crippen LogP contribution in [0.1, 0.15) is 22.7 Å². The van der Waals surface area contributed by atoms with Crippen LogP contribution >= 0.6 is 23.1 Å². The molecule has 0 aliphatic carbocycles. The molecule has 3 rings (SSSR count). The number of thiazole rings is 1. The Balaban J connectivity index is 1.96. The number of thioether (sulfide) groups is 1. The largest absolute Gasteiger partial charge is 0.497 e. The van der Waals surface area contributed by atoms with Crippen LogP contribution in [0.5, 0.6) is 5.75 Å². The summed E-state index contributed by atoms with van der Waals surface area (Å²) in [5, 5.41) is 0.695. The van der Waals surface area contributed by atoms with Crippen molar-refractivity contribution in [2.24, 2.45) is 0 Å².